The van der Waals surface area contributed by atoms with Gasteiger partial charge in [-0.25, -0.2) is 4.98 Å². The SMILES string of the molecule is COc1ccc(Br)c(Nc2nc3ccccc3s2)c1. The molecular weight excluding hydrogens is 324 g/mol. The van der Waals surface area contributed by atoms with Crippen molar-refractivity contribution in [1.29, 1.82) is 0 Å². The Hall–Kier alpha value is -1.59. The van der Waals surface area contributed by atoms with Crippen molar-refractivity contribution in [3.63, 3.8) is 0 Å². The second-order valence-corrected chi connectivity index (χ2v) is 5.84. The average molecular weight is 335 g/mol. The summed E-state index contributed by atoms with van der Waals surface area (Å²) in [6, 6.07) is 13.9. The molecule has 0 radical (unpaired) electrons. The van der Waals surface area contributed by atoms with Gasteiger partial charge < -0.3 is 10.1 Å². The van der Waals surface area contributed by atoms with E-state index in [1.165, 1.54) is 4.70 Å². The van der Waals surface area contributed by atoms with E-state index in [0.29, 0.717) is 0 Å². The molecule has 1 N–H and O–H groups in total. The van der Waals surface area contributed by atoms with Crippen LogP contribution in [0.25, 0.3) is 10.2 Å². The molecule has 5 heteroatoms. The van der Waals surface area contributed by atoms with E-state index >= 15 is 0 Å². The highest BCUT2D eigenvalue weighted by atomic mass is 79.9. The van der Waals surface area contributed by atoms with Crippen LogP contribution in [-0.4, -0.2) is 12.1 Å². The van der Waals surface area contributed by atoms with Crippen LogP contribution in [0.15, 0.2) is 46.9 Å². The molecule has 3 nitrogen and oxygen atoms in total. The number of para-hydroxylation sites is 1. The van der Waals surface area contributed by atoms with Crippen molar-refractivity contribution < 1.29 is 4.74 Å². The molecular formula is C14H11BrN2OS. The third-order valence-corrected chi connectivity index (χ3v) is 4.35. The van der Waals surface area contributed by atoms with Crippen molar-refractivity contribution in [2.75, 3.05) is 12.4 Å². The Kier molecular flexibility index (Phi) is 3.40. The van der Waals surface area contributed by atoms with Crippen LogP contribution >= 0.6 is 27.3 Å². The Morgan fingerprint density at radius 3 is 2.84 bits per heavy atom. The van der Waals surface area contributed by atoms with Gasteiger partial charge in [0.05, 0.1) is 23.0 Å². The number of thiazole rings is 1. The number of halogens is 1. The van der Waals surface area contributed by atoms with Gasteiger partial charge in [0.2, 0.25) is 0 Å². The molecule has 0 aliphatic carbocycles. The molecule has 0 saturated carbocycles. The lowest BCUT2D eigenvalue weighted by atomic mass is 10.3. The smallest absolute Gasteiger partial charge is 0.188 e. The van der Waals surface area contributed by atoms with Crippen LogP contribution in [-0.2, 0) is 0 Å². The average Bonchev–Trinajstić information content (AvgIpc) is 2.83. The number of hydrogen-bond donors (Lipinski definition) is 1. The van der Waals surface area contributed by atoms with Gasteiger partial charge in [0.15, 0.2) is 5.13 Å². The molecule has 3 aromatic rings. The van der Waals surface area contributed by atoms with Crippen molar-refractivity contribution >= 4 is 48.3 Å². The number of nitrogens with one attached hydrogen (secondary N) is 1. The van der Waals surface area contributed by atoms with E-state index in [9.17, 15) is 0 Å². The predicted octanol–water partition coefficient (Wildman–Crippen LogP) is 4.81. The van der Waals surface area contributed by atoms with Gasteiger partial charge in [0.25, 0.3) is 0 Å². The number of methoxy groups -OCH3 is 1. The number of nitrogens with zero attached hydrogens (tertiary/aromatic N) is 1. The highest BCUT2D eigenvalue weighted by molar-refractivity contribution is 9.10. The second-order valence-electron chi connectivity index (χ2n) is 3.96. The van der Waals surface area contributed by atoms with E-state index in [4.69, 9.17) is 4.74 Å². The number of ether oxygens (including phenoxy) is 1. The van der Waals surface area contributed by atoms with Crippen LogP contribution in [0.3, 0.4) is 0 Å². The predicted molar refractivity (Wildman–Crippen MR) is 83.6 cm³/mol. The number of hydrogen-bond acceptors (Lipinski definition) is 4. The molecule has 0 aliphatic heterocycles. The molecule has 0 unspecified atom stereocenters. The summed E-state index contributed by atoms with van der Waals surface area (Å²) in [6.07, 6.45) is 0. The Labute approximate surface area is 123 Å². The van der Waals surface area contributed by atoms with Crippen LogP contribution in [0, 0.1) is 0 Å². The normalized spacial score (nSPS) is 10.6. The van der Waals surface area contributed by atoms with Crippen molar-refractivity contribution in [3.8, 4) is 5.75 Å². The molecule has 0 atom stereocenters. The quantitative estimate of drug-likeness (QED) is 0.746. The zero-order valence-electron chi connectivity index (χ0n) is 10.2. The van der Waals surface area contributed by atoms with Gasteiger partial charge in [0.1, 0.15) is 5.75 Å². The van der Waals surface area contributed by atoms with Crippen LogP contribution < -0.4 is 10.1 Å². The highest BCUT2D eigenvalue weighted by Gasteiger charge is 2.06. The first-order valence-electron chi connectivity index (χ1n) is 5.72. The molecule has 96 valence electrons. The van der Waals surface area contributed by atoms with Crippen LogP contribution in [0.1, 0.15) is 0 Å². The summed E-state index contributed by atoms with van der Waals surface area (Å²) < 4.78 is 7.38. The number of anilines is 2. The Morgan fingerprint density at radius 2 is 2.05 bits per heavy atom. The Balaban J connectivity index is 1.96. The lowest BCUT2D eigenvalue weighted by Gasteiger charge is -2.07. The number of benzene rings is 2. The van der Waals surface area contributed by atoms with E-state index in [2.05, 4.69) is 32.3 Å². The molecule has 0 bridgehead atoms. The molecule has 3 rings (SSSR count). The van der Waals surface area contributed by atoms with E-state index in [-0.39, 0.29) is 0 Å². The Bertz CT molecular complexity index is 693. The molecule has 0 fully saturated rings. The molecule has 2 aromatic carbocycles. The first-order chi connectivity index (χ1) is 9.26. The zero-order valence-corrected chi connectivity index (χ0v) is 12.6. The largest absolute Gasteiger partial charge is 0.497 e. The summed E-state index contributed by atoms with van der Waals surface area (Å²) in [5.74, 6) is 0.812. The summed E-state index contributed by atoms with van der Waals surface area (Å²) in [7, 11) is 1.66. The maximum atomic E-state index is 5.23. The molecule has 19 heavy (non-hydrogen) atoms. The van der Waals surface area contributed by atoms with Crippen molar-refractivity contribution in [3.05, 3.63) is 46.9 Å². The lowest BCUT2D eigenvalue weighted by Crippen LogP contribution is -1.92. The van der Waals surface area contributed by atoms with Gasteiger partial charge >= 0.3 is 0 Å². The highest BCUT2D eigenvalue weighted by Crippen LogP contribution is 2.33. The lowest BCUT2D eigenvalue weighted by molar-refractivity contribution is 0.415. The summed E-state index contributed by atoms with van der Waals surface area (Å²) in [5, 5.41) is 4.19. The van der Waals surface area contributed by atoms with Crippen molar-refractivity contribution in [1.82, 2.24) is 4.98 Å². The van der Waals surface area contributed by atoms with E-state index in [1.54, 1.807) is 18.4 Å². The third-order valence-electron chi connectivity index (χ3n) is 2.71. The third kappa shape index (κ3) is 2.57. The monoisotopic (exact) mass is 334 g/mol. The molecule has 1 heterocycles. The zero-order chi connectivity index (χ0) is 13.2. The molecule has 0 aliphatic rings. The Morgan fingerprint density at radius 1 is 1.21 bits per heavy atom. The van der Waals surface area contributed by atoms with Gasteiger partial charge in [-0.1, -0.05) is 23.5 Å². The first kappa shape index (κ1) is 12.4. The van der Waals surface area contributed by atoms with Gasteiger partial charge in [-0.3, -0.25) is 0 Å². The minimum atomic E-state index is 0.812. The maximum Gasteiger partial charge on any atom is 0.188 e. The van der Waals surface area contributed by atoms with Gasteiger partial charge in [-0.15, -0.1) is 0 Å². The van der Waals surface area contributed by atoms with Crippen molar-refractivity contribution in [2.45, 2.75) is 0 Å². The molecule has 1 aromatic heterocycles. The van der Waals surface area contributed by atoms with Crippen LogP contribution in [0.4, 0.5) is 10.8 Å². The molecule has 0 spiro atoms. The van der Waals surface area contributed by atoms with Gasteiger partial charge in [-0.2, -0.15) is 0 Å². The van der Waals surface area contributed by atoms with Crippen LogP contribution in [0.2, 0.25) is 0 Å². The molecule has 0 saturated heterocycles. The number of aromatic nitrogens is 1. The minimum Gasteiger partial charge on any atom is -0.497 e. The van der Waals surface area contributed by atoms with Gasteiger partial charge in [0, 0.05) is 10.5 Å². The summed E-state index contributed by atoms with van der Waals surface area (Å²) in [5.41, 5.74) is 1.95. The number of rotatable bonds is 3. The first-order valence-corrected chi connectivity index (χ1v) is 7.33. The van der Waals surface area contributed by atoms with E-state index < -0.39 is 0 Å². The second kappa shape index (κ2) is 5.19. The fraction of sp³-hybridized carbons (Fsp3) is 0.0714. The maximum absolute atomic E-state index is 5.23. The molecule has 0 amide bonds. The summed E-state index contributed by atoms with van der Waals surface area (Å²) >= 11 is 5.15. The van der Waals surface area contributed by atoms with Crippen molar-refractivity contribution in [2.24, 2.45) is 0 Å². The fourth-order valence-corrected chi connectivity index (χ4v) is 2.99. The van der Waals surface area contributed by atoms with E-state index in [1.807, 2.05) is 36.4 Å². The topological polar surface area (TPSA) is 34.1 Å². The standard InChI is InChI=1S/C14H11BrN2OS/c1-18-9-6-7-10(15)12(8-9)17-14-16-11-4-2-3-5-13(11)19-14/h2-8H,1H3,(H,16,17). The van der Waals surface area contributed by atoms with Crippen LogP contribution in [0.5, 0.6) is 5.75 Å². The summed E-state index contributed by atoms with van der Waals surface area (Å²) in [4.78, 5) is 4.55. The van der Waals surface area contributed by atoms with Gasteiger partial charge in [-0.05, 0) is 40.2 Å². The minimum absolute atomic E-state index is 0.812. The fourth-order valence-electron chi connectivity index (χ4n) is 1.77. The van der Waals surface area contributed by atoms with E-state index in [0.717, 1.165) is 26.6 Å². The summed E-state index contributed by atoms with van der Waals surface area (Å²) in [6.45, 7) is 0. The number of fused-ring (bicyclic) bond motifs is 1.